The van der Waals surface area contributed by atoms with E-state index in [2.05, 4.69) is 0 Å². The highest BCUT2D eigenvalue weighted by Crippen LogP contribution is 2.37. The summed E-state index contributed by atoms with van der Waals surface area (Å²) in [6.07, 6.45) is -10.6. The quantitative estimate of drug-likeness (QED) is 0.482. The van der Waals surface area contributed by atoms with Crippen LogP contribution in [-0.2, 0) is 11.2 Å². The van der Waals surface area contributed by atoms with E-state index in [0.717, 1.165) is 0 Å². The van der Waals surface area contributed by atoms with Crippen molar-refractivity contribution in [2.24, 2.45) is 0 Å². The summed E-state index contributed by atoms with van der Waals surface area (Å²) in [4.78, 5) is 0. The van der Waals surface area contributed by atoms with E-state index in [0.29, 0.717) is 6.26 Å². The minimum Gasteiger partial charge on any atom is -0.616 e. The van der Waals surface area contributed by atoms with Crippen LogP contribution in [0.15, 0.2) is 0 Å². The first-order chi connectivity index (χ1) is 5.07. The molecule has 0 amide bonds. The summed E-state index contributed by atoms with van der Waals surface area (Å²) in [7, 11) is 0. The number of rotatable bonds is 1. The Morgan fingerprint density at radius 2 is 1.25 bits per heavy atom. The Balaban J connectivity index is 4.70. The summed E-state index contributed by atoms with van der Waals surface area (Å²) < 4.78 is 79.4. The summed E-state index contributed by atoms with van der Waals surface area (Å²) in [6, 6.07) is 0. The highest BCUT2D eigenvalue weighted by molar-refractivity contribution is 7.91. The molecule has 0 aromatic heterocycles. The summed E-state index contributed by atoms with van der Waals surface area (Å²) in [5.41, 5.74) is 0. The van der Waals surface area contributed by atoms with E-state index in [1.54, 1.807) is 0 Å². The zero-order valence-electron chi connectivity index (χ0n) is 5.66. The van der Waals surface area contributed by atoms with Gasteiger partial charge < -0.3 is 4.55 Å². The van der Waals surface area contributed by atoms with Gasteiger partial charge in [0.1, 0.15) is 0 Å². The average Bonchev–Trinajstić information content (AvgIpc) is 1.49. The van der Waals surface area contributed by atoms with Crippen LogP contribution in [0.2, 0.25) is 0 Å². The molecule has 12 heavy (non-hydrogen) atoms. The Hall–Kier alpha value is -0.110. The van der Waals surface area contributed by atoms with Gasteiger partial charge in [-0.2, -0.15) is 26.3 Å². The lowest BCUT2D eigenvalue weighted by Gasteiger charge is -2.22. The molecule has 0 aliphatic carbocycles. The Labute approximate surface area is 66.9 Å². The fourth-order valence-electron chi connectivity index (χ4n) is 0.562. The van der Waals surface area contributed by atoms with Crippen molar-refractivity contribution in [3.05, 3.63) is 0 Å². The second-order valence-corrected chi connectivity index (χ2v) is 3.43. The Morgan fingerprint density at radius 1 is 1.00 bits per heavy atom. The molecule has 0 heterocycles. The SMILES string of the molecule is C[S+]([O-])C(C(F)(F)F)C(F)(F)F. The zero-order chi connectivity index (χ0) is 10.2. The van der Waals surface area contributed by atoms with Gasteiger partial charge in [-0.05, 0) is 11.2 Å². The largest absolute Gasteiger partial charge is 0.616 e. The van der Waals surface area contributed by atoms with Crippen LogP contribution < -0.4 is 0 Å². The summed E-state index contributed by atoms with van der Waals surface area (Å²) >= 11 is -2.99. The molecular formula is C4H4F6OS. The van der Waals surface area contributed by atoms with Crippen LogP contribution in [0.25, 0.3) is 0 Å². The number of halogens is 6. The maximum atomic E-state index is 11.6. The van der Waals surface area contributed by atoms with Gasteiger partial charge in [0.15, 0.2) is 0 Å². The van der Waals surface area contributed by atoms with Crippen LogP contribution >= 0.6 is 0 Å². The van der Waals surface area contributed by atoms with Crippen molar-refractivity contribution in [2.45, 2.75) is 17.6 Å². The first-order valence-electron chi connectivity index (χ1n) is 2.52. The molecule has 0 spiro atoms. The molecule has 0 aliphatic heterocycles. The summed E-state index contributed by atoms with van der Waals surface area (Å²) in [5.74, 6) is 0. The standard InChI is InChI=1S/C4H4F6OS/c1-12(11)2(3(5,6)7)4(8,9)10/h2H,1H3. The third kappa shape index (κ3) is 3.10. The second-order valence-electron chi connectivity index (χ2n) is 1.96. The van der Waals surface area contributed by atoms with Crippen LogP contribution in [0.4, 0.5) is 26.3 Å². The molecule has 0 N–H and O–H groups in total. The molecule has 0 saturated heterocycles. The molecule has 0 aromatic rings. The van der Waals surface area contributed by atoms with Gasteiger partial charge in [0.05, 0.1) is 6.26 Å². The van der Waals surface area contributed by atoms with Crippen molar-refractivity contribution in [1.82, 2.24) is 0 Å². The molecule has 1 nitrogen and oxygen atoms in total. The molecular weight excluding hydrogens is 210 g/mol. The number of hydrogen-bond acceptors (Lipinski definition) is 1. The van der Waals surface area contributed by atoms with Crippen LogP contribution in [-0.4, -0.2) is 28.4 Å². The second kappa shape index (κ2) is 3.33. The van der Waals surface area contributed by atoms with Gasteiger partial charge in [-0.25, -0.2) is 0 Å². The molecule has 0 rings (SSSR count). The van der Waals surface area contributed by atoms with Crippen LogP contribution in [0, 0.1) is 0 Å². The number of hydrogen-bond donors (Lipinski definition) is 0. The third-order valence-corrected chi connectivity index (χ3v) is 2.12. The average molecular weight is 214 g/mol. The van der Waals surface area contributed by atoms with Crippen molar-refractivity contribution < 1.29 is 30.9 Å². The molecule has 0 bridgehead atoms. The summed E-state index contributed by atoms with van der Waals surface area (Å²) in [6.45, 7) is 0. The van der Waals surface area contributed by atoms with Gasteiger partial charge in [0.25, 0.3) is 0 Å². The fraction of sp³-hybridized carbons (Fsp3) is 1.00. The topological polar surface area (TPSA) is 23.1 Å². The van der Waals surface area contributed by atoms with E-state index in [1.807, 2.05) is 0 Å². The molecule has 0 aromatic carbocycles. The fourth-order valence-corrected chi connectivity index (χ4v) is 1.31. The summed E-state index contributed by atoms with van der Waals surface area (Å²) in [5, 5.41) is -3.75. The van der Waals surface area contributed by atoms with E-state index in [9.17, 15) is 30.9 Å². The molecule has 0 fully saturated rings. The predicted molar refractivity (Wildman–Crippen MR) is 30.0 cm³/mol. The molecule has 1 atom stereocenters. The van der Waals surface area contributed by atoms with Gasteiger partial charge in [-0.1, -0.05) is 0 Å². The first-order valence-corrected chi connectivity index (χ1v) is 4.14. The van der Waals surface area contributed by atoms with E-state index < -0.39 is 28.8 Å². The van der Waals surface area contributed by atoms with Gasteiger partial charge in [0, 0.05) is 0 Å². The monoisotopic (exact) mass is 214 g/mol. The molecule has 8 heteroatoms. The zero-order valence-corrected chi connectivity index (χ0v) is 6.48. The van der Waals surface area contributed by atoms with Crippen LogP contribution in [0.5, 0.6) is 0 Å². The molecule has 0 aliphatic rings. The molecule has 1 unspecified atom stereocenters. The van der Waals surface area contributed by atoms with Gasteiger partial charge >= 0.3 is 17.6 Å². The van der Waals surface area contributed by atoms with Gasteiger partial charge in [-0.15, -0.1) is 0 Å². The lowest BCUT2D eigenvalue weighted by molar-refractivity contribution is -0.226. The van der Waals surface area contributed by atoms with E-state index in [4.69, 9.17) is 0 Å². The Morgan fingerprint density at radius 3 is 1.25 bits per heavy atom. The Kier molecular flexibility index (Phi) is 3.30. The highest BCUT2D eigenvalue weighted by Gasteiger charge is 2.63. The maximum Gasteiger partial charge on any atom is 0.445 e. The minimum absolute atomic E-state index is 0.367. The predicted octanol–water partition coefficient (Wildman–Crippen LogP) is 1.86. The van der Waals surface area contributed by atoms with Crippen molar-refractivity contribution in [2.75, 3.05) is 6.26 Å². The lowest BCUT2D eigenvalue weighted by atomic mass is 10.4. The minimum atomic E-state index is -5.50. The van der Waals surface area contributed by atoms with Crippen LogP contribution in [0.1, 0.15) is 0 Å². The molecule has 0 radical (unpaired) electrons. The van der Waals surface area contributed by atoms with E-state index in [1.165, 1.54) is 0 Å². The first kappa shape index (κ1) is 11.9. The van der Waals surface area contributed by atoms with Gasteiger partial charge in [-0.3, -0.25) is 0 Å². The van der Waals surface area contributed by atoms with E-state index >= 15 is 0 Å². The Bertz CT molecular complexity index is 135. The van der Waals surface area contributed by atoms with Crippen molar-refractivity contribution >= 4 is 11.2 Å². The highest BCUT2D eigenvalue weighted by atomic mass is 32.2. The van der Waals surface area contributed by atoms with Crippen molar-refractivity contribution in [3.8, 4) is 0 Å². The molecule has 74 valence electrons. The van der Waals surface area contributed by atoms with Crippen LogP contribution in [0.3, 0.4) is 0 Å². The van der Waals surface area contributed by atoms with Crippen molar-refractivity contribution in [3.63, 3.8) is 0 Å². The van der Waals surface area contributed by atoms with Gasteiger partial charge in [0.2, 0.25) is 0 Å². The van der Waals surface area contributed by atoms with Crippen molar-refractivity contribution in [1.29, 1.82) is 0 Å². The third-order valence-electron chi connectivity index (χ3n) is 0.927. The normalized spacial score (nSPS) is 16.8. The number of alkyl halides is 6. The maximum absolute atomic E-state index is 11.6. The lowest BCUT2D eigenvalue weighted by Crippen LogP contribution is -2.47. The van der Waals surface area contributed by atoms with E-state index in [-0.39, 0.29) is 0 Å². The molecule has 0 saturated carbocycles. The smallest absolute Gasteiger partial charge is 0.445 e.